The average Bonchev–Trinajstić information content (AvgIpc) is 3.35. The van der Waals surface area contributed by atoms with Gasteiger partial charge >= 0.3 is 0 Å². The van der Waals surface area contributed by atoms with Crippen molar-refractivity contribution in [1.29, 1.82) is 0 Å². The second kappa shape index (κ2) is 10.4. The summed E-state index contributed by atoms with van der Waals surface area (Å²) < 4.78 is 0. The molecule has 0 aliphatic carbocycles. The molecule has 2 atom stereocenters. The Morgan fingerprint density at radius 2 is 1.96 bits per heavy atom. The predicted molar refractivity (Wildman–Crippen MR) is 111 cm³/mol. The summed E-state index contributed by atoms with van der Waals surface area (Å²) in [6.45, 7) is 2.54. The summed E-state index contributed by atoms with van der Waals surface area (Å²) >= 11 is 1.50. The van der Waals surface area contributed by atoms with Gasteiger partial charge in [-0.2, -0.15) is 11.3 Å². The fourth-order valence-corrected chi connectivity index (χ4v) is 4.12. The number of nitrogens with zero attached hydrogens (tertiary/aromatic N) is 1. The molecule has 1 aliphatic rings. The zero-order valence-electron chi connectivity index (χ0n) is 15.2. The van der Waals surface area contributed by atoms with E-state index in [1.807, 2.05) is 33.9 Å². The minimum Gasteiger partial charge on any atom is -0.352 e. The van der Waals surface area contributed by atoms with Crippen LogP contribution in [0.4, 0.5) is 0 Å². The number of thiophene rings is 1. The van der Waals surface area contributed by atoms with Gasteiger partial charge in [0.2, 0.25) is 5.91 Å². The first-order valence-electron chi connectivity index (χ1n) is 9.02. The van der Waals surface area contributed by atoms with Crippen molar-refractivity contribution < 1.29 is 9.59 Å². The number of hydrogen-bond acceptors (Lipinski definition) is 4. The van der Waals surface area contributed by atoms with E-state index in [1.54, 1.807) is 6.07 Å². The van der Waals surface area contributed by atoms with Gasteiger partial charge in [-0.3, -0.25) is 9.59 Å². The fraction of sp³-hybridized carbons (Fsp3) is 0.400. The van der Waals surface area contributed by atoms with Crippen LogP contribution in [-0.4, -0.2) is 42.9 Å². The van der Waals surface area contributed by atoms with Gasteiger partial charge in [0, 0.05) is 42.9 Å². The Kier molecular flexibility index (Phi) is 8.28. The second-order valence-corrected chi connectivity index (χ2v) is 7.46. The van der Waals surface area contributed by atoms with Crippen molar-refractivity contribution in [3.8, 4) is 0 Å². The number of nitrogens with one attached hydrogen (secondary N) is 1. The van der Waals surface area contributed by atoms with Gasteiger partial charge in [0.05, 0.1) is 0 Å². The molecule has 1 aliphatic heterocycles. The van der Waals surface area contributed by atoms with Crippen LogP contribution in [0.2, 0.25) is 0 Å². The number of carbonyl (C=O) groups excluding carboxylic acids is 2. The van der Waals surface area contributed by atoms with E-state index in [0.29, 0.717) is 43.3 Å². The van der Waals surface area contributed by atoms with Crippen LogP contribution in [0.25, 0.3) is 0 Å². The molecular formula is C20H26ClN3O2S. The van der Waals surface area contributed by atoms with Crippen molar-refractivity contribution >= 4 is 35.6 Å². The lowest BCUT2D eigenvalue weighted by Crippen LogP contribution is -2.31. The molecule has 3 N–H and O–H groups in total. The van der Waals surface area contributed by atoms with E-state index in [4.69, 9.17) is 5.73 Å². The van der Waals surface area contributed by atoms with E-state index >= 15 is 0 Å². The van der Waals surface area contributed by atoms with E-state index in [1.165, 1.54) is 16.9 Å². The number of hydrogen-bond donors (Lipinski definition) is 2. The van der Waals surface area contributed by atoms with Crippen LogP contribution >= 0.6 is 23.7 Å². The number of likely N-dealkylation sites (tertiary alicyclic amines) is 1. The van der Waals surface area contributed by atoms with Gasteiger partial charge in [-0.25, -0.2) is 0 Å². The summed E-state index contributed by atoms with van der Waals surface area (Å²) in [6, 6.07) is 12.1. The molecule has 1 aromatic heterocycles. The van der Waals surface area contributed by atoms with E-state index in [2.05, 4.69) is 17.4 Å². The quantitative estimate of drug-likeness (QED) is 0.693. The maximum absolute atomic E-state index is 12.5. The Bertz CT molecular complexity index is 724. The smallest absolute Gasteiger partial charge is 0.252 e. The van der Waals surface area contributed by atoms with Gasteiger partial charge in [0.1, 0.15) is 0 Å². The SMILES string of the molecule is Cl.NC[C@@H]1CN(C(=O)CCCNC(=O)c2ccsc2)C[C@H]1c1ccccc1. The highest BCUT2D eigenvalue weighted by atomic mass is 35.5. The topological polar surface area (TPSA) is 75.4 Å². The molecule has 0 spiro atoms. The van der Waals surface area contributed by atoms with Crippen molar-refractivity contribution in [1.82, 2.24) is 10.2 Å². The zero-order chi connectivity index (χ0) is 18.4. The molecule has 0 radical (unpaired) electrons. The van der Waals surface area contributed by atoms with Gasteiger partial charge in [-0.15, -0.1) is 12.4 Å². The van der Waals surface area contributed by atoms with Crippen molar-refractivity contribution in [3.63, 3.8) is 0 Å². The molecule has 2 heterocycles. The average molecular weight is 408 g/mol. The summed E-state index contributed by atoms with van der Waals surface area (Å²) in [6.07, 6.45) is 1.09. The molecule has 7 heteroatoms. The van der Waals surface area contributed by atoms with E-state index in [-0.39, 0.29) is 24.2 Å². The molecule has 1 aromatic carbocycles. The highest BCUT2D eigenvalue weighted by Crippen LogP contribution is 2.32. The molecule has 1 saturated heterocycles. The maximum Gasteiger partial charge on any atom is 0.252 e. The number of nitrogens with two attached hydrogens (primary N) is 1. The third kappa shape index (κ3) is 5.54. The van der Waals surface area contributed by atoms with E-state index in [0.717, 1.165) is 13.1 Å². The van der Waals surface area contributed by atoms with Gasteiger partial charge in [0.15, 0.2) is 0 Å². The van der Waals surface area contributed by atoms with Gasteiger partial charge in [-0.05, 0) is 35.9 Å². The van der Waals surface area contributed by atoms with Crippen molar-refractivity contribution in [2.45, 2.75) is 18.8 Å². The standard InChI is InChI=1S/C20H25N3O2S.ClH/c21-11-17-12-23(13-18(17)15-5-2-1-3-6-15)19(24)7-4-9-22-20(25)16-8-10-26-14-16;/h1-3,5-6,8,10,14,17-18H,4,7,9,11-13,21H2,(H,22,25);1H/t17-,18+;/m1./s1. The predicted octanol–water partition coefficient (Wildman–Crippen LogP) is 2.88. The molecule has 1 fully saturated rings. The molecule has 27 heavy (non-hydrogen) atoms. The normalized spacial score (nSPS) is 18.8. The molecule has 146 valence electrons. The van der Waals surface area contributed by atoms with E-state index < -0.39 is 0 Å². The summed E-state index contributed by atoms with van der Waals surface area (Å²) in [5.41, 5.74) is 7.87. The molecule has 0 bridgehead atoms. The Balaban J connectivity index is 0.00000261. The van der Waals surface area contributed by atoms with Gasteiger partial charge in [-0.1, -0.05) is 30.3 Å². The molecule has 0 saturated carbocycles. The number of rotatable bonds is 7. The molecule has 3 rings (SSSR count). The van der Waals surface area contributed by atoms with Crippen molar-refractivity contribution in [3.05, 3.63) is 58.3 Å². The molecule has 2 amide bonds. The van der Waals surface area contributed by atoms with Crippen LogP contribution in [0, 0.1) is 5.92 Å². The number of amides is 2. The highest BCUT2D eigenvalue weighted by Gasteiger charge is 2.34. The summed E-state index contributed by atoms with van der Waals surface area (Å²) in [4.78, 5) is 26.3. The Morgan fingerprint density at radius 3 is 2.63 bits per heavy atom. The fourth-order valence-electron chi connectivity index (χ4n) is 3.49. The number of halogens is 1. The lowest BCUT2D eigenvalue weighted by atomic mass is 9.89. The van der Waals surface area contributed by atoms with Crippen molar-refractivity contribution in [2.75, 3.05) is 26.2 Å². The van der Waals surface area contributed by atoms with Crippen molar-refractivity contribution in [2.24, 2.45) is 11.7 Å². The zero-order valence-corrected chi connectivity index (χ0v) is 16.8. The van der Waals surface area contributed by atoms with Gasteiger partial charge in [0.25, 0.3) is 5.91 Å². The molecular weight excluding hydrogens is 382 g/mol. The van der Waals surface area contributed by atoms with Crippen LogP contribution in [-0.2, 0) is 4.79 Å². The Labute approximate surface area is 170 Å². The molecule has 0 unspecified atom stereocenters. The van der Waals surface area contributed by atoms with Crippen LogP contribution in [0.3, 0.4) is 0 Å². The monoisotopic (exact) mass is 407 g/mol. The summed E-state index contributed by atoms with van der Waals surface area (Å²) in [7, 11) is 0. The number of benzene rings is 1. The lowest BCUT2D eigenvalue weighted by Gasteiger charge is -2.17. The Morgan fingerprint density at radius 1 is 1.19 bits per heavy atom. The van der Waals surface area contributed by atoms with E-state index in [9.17, 15) is 9.59 Å². The third-order valence-corrected chi connectivity index (χ3v) is 5.64. The molecule has 2 aromatic rings. The van der Waals surface area contributed by atoms with Crippen LogP contribution < -0.4 is 11.1 Å². The maximum atomic E-state index is 12.5. The van der Waals surface area contributed by atoms with Gasteiger partial charge < -0.3 is 16.0 Å². The first-order chi connectivity index (χ1) is 12.7. The summed E-state index contributed by atoms with van der Waals surface area (Å²) in [5.74, 6) is 0.682. The first-order valence-corrected chi connectivity index (χ1v) is 9.96. The first kappa shape index (κ1) is 21.4. The van der Waals surface area contributed by atoms with Crippen LogP contribution in [0.5, 0.6) is 0 Å². The minimum atomic E-state index is -0.0767. The van der Waals surface area contributed by atoms with Crippen LogP contribution in [0.1, 0.15) is 34.7 Å². The minimum absolute atomic E-state index is 0. The Hall–Kier alpha value is -1.89. The largest absolute Gasteiger partial charge is 0.352 e. The third-order valence-electron chi connectivity index (χ3n) is 4.96. The highest BCUT2D eigenvalue weighted by molar-refractivity contribution is 7.08. The lowest BCUT2D eigenvalue weighted by molar-refractivity contribution is -0.130. The number of carbonyl (C=O) groups is 2. The molecule has 5 nitrogen and oxygen atoms in total. The summed E-state index contributed by atoms with van der Waals surface area (Å²) in [5, 5.41) is 6.56. The van der Waals surface area contributed by atoms with Crippen LogP contribution in [0.15, 0.2) is 47.2 Å². The second-order valence-electron chi connectivity index (χ2n) is 6.68.